The molecule has 0 spiro atoms. The summed E-state index contributed by atoms with van der Waals surface area (Å²) in [6.07, 6.45) is 0. The van der Waals surface area contributed by atoms with Gasteiger partial charge in [-0.05, 0) is 53.3 Å². The van der Waals surface area contributed by atoms with Gasteiger partial charge in [-0.3, -0.25) is 0 Å². The largest absolute Gasteiger partial charge is 0.497 e. The molecule has 2 N–H and O–H groups in total. The monoisotopic (exact) mass is 453 g/mol. The van der Waals surface area contributed by atoms with Gasteiger partial charge in [0.25, 0.3) is 0 Å². The molecule has 3 rings (SSSR count). The van der Waals surface area contributed by atoms with Crippen molar-refractivity contribution >= 4 is 47.3 Å². The topological polar surface area (TPSA) is 36.5 Å². The number of nitrogens with zero attached hydrogens (tertiary/aromatic N) is 1. The van der Waals surface area contributed by atoms with Crippen LogP contribution in [0.25, 0.3) is 0 Å². The van der Waals surface area contributed by atoms with Crippen LogP contribution in [0.15, 0.2) is 64.5 Å². The lowest BCUT2D eigenvalue weighted by Crippen LogP contribution is -2.32. The lowest BCUT2D eigenvalue weighted by atomic mass is 10.2. The number of hydrogen-bond donors (Lipinski definition) is 2. The van der Waals surface area contributed by atoms with Gasteiger partial charge in [-0.1, -0.05) is 60.4 Å². The summed E-state index contributed by atoms with van der Waals surface area (Å²) < 4.78 is 11.0. The Bertz CT molecular complexity index is 789. The lowest BCUT2D eigenvalue weighted by molar-refractivity contribution is 0.414. The van der Waals surface area contributed by atoms with Crippen LogP contribution in [0.2, 0.25) is 5.02 Å². The first-order valence-corrected chi connectivity index (χ1v) is 12.0. The van der Waals surface area contributed by atoms with Crippen LogP contribution in [0.4, 0.5) is 0 Å². The molecule has 4 nitrogen and oxygen atoms in total. The Morgan fingerprint density at radius 3 is 2.79 bits per heavy atom. The fourth-order valence-electron chi connectivity index (χ4n) is 2.52. The van der Waals surface area contributed by atoms with Gasteiger partial charge < -0.3 is 10.1 Å². The van der Waals surface area contributed by atoms with E-state index in [-0.39, 0.29) is 5.50 Å². The van der Waals surface area contributed by atoms with Crippen LogP contribution in [0.5, 0.6) is 5.75 Å². The molecular weight excluding hydrogens is 430 g/mol. The molecule has 0 radical (unpaired) electrons. The molecule has 0 saturated carbocycles. The normalized spacial score (nSPS) is 16.1. The summed E-state index contributed by atoms with van der Waals surface area (Å²) in [6, 6.07) is 16.1. The van der Waals surface area contributed by atoms with E-state index in [1.165, 1.54) is 11.3 Å². The highest BCUT2D eigenvalue weighted by atomic mass is 35.5. The van der Waals surface area contributed by atoms with Crippen LogP contribution in [-0.2, 0) is 6.54 Å². The summed E-state index contributed by atoms with van der Waals surface area (Å²) >= 11 is 11.2. The Morgan fingerprint density at radius 2 is 2.07 bits per heavy atom. The molecule has 0 saturated heterocycles. The predicted molar refractivity (Wildman–Crippen MR) is 125 cm³/mol. The molecule has 8 heteroatoms. The number of halogens is 1. The SMILES string of the molecule is CCN(Cc1ccc(OC)cc1)SCC1=CSC(NSc2cccc(Cl)c2)N1. The number of benzene rings is 2. The van der Waals surface area contributed by atoms with Crippen LogP contribution in [0.1, 0.15) is 12.5 Å². The minimum atomic E-state index is 0.163. The summed E-state index contributed by atoms with van der Waals surface area (Å²) in [5.74, 6) is 1.82. The summed E-state index contributed by atoms with van der Waals surface area (Å²) in [6.45, 7) is 4.09. The van der Waals surface area contributed by atoms with Crippen LogP contribution in [0, 0.1) is 0 Å². The molecule has 1 unspecified atom stereocenters. The highest BCUT2D eigenvalue weighted by Crippen LogP contribution is 2.27. The number of nitrogens with one attached hydrogen (secondary N) is 2. The summed E-state index contributed by atoms with van der Waals surface area (Å²) in [4.78, 5) is 1.11. The highest BCUT2D eigenvalue weighted by molar-refractivity contribution is 8.04. The van der Waals surface area contributed by atoms with Crippen LogP contribution in [-0.4, -0.2) is 29.2 Å². The lowest BCUT2D eigenvalue weighted by Gasteiger charge is -2.20. The predicted octanol–water partition coefficient (Wildman–Crippen LogP) is 5.58. The number of methoxy groups -OCH3 is 1. The summed E-state index contributed by atoms with van der Waals surface area (Å²) in [5.41, 5.74) is 2.69. The Kier molecular flexibility index (Phi) is 8.76. The standard InChI is InChI=1S/C20H24ClN3OS3/c1-3-24(12-15-7-9-18(25-2)10-8-15)27-14-17-13-26-20(22-17)23-28-19-6-4-5-16(21)11-19/h4-11,13,20,22-23H,3,12,14H2,1-2H3. The van der Waals surface area contributed by atoms with Crippen molar-refractivity contribution < 1.29 is 4.74 Å². The Balaban J connectivity index is 1.40. The second kappa shape index (κ2) is 11.3. The van der Waals surface area contributed by atoms with Crippen LogP contribution in [0.3, 0.4) is 0 Å². The molecule has 0 fully saturated rings. The van der Waals surface area contributed by atoms with Gasteiger partial charge in [-0.15, -0.1) is 0 Å². The third-order valence-corrected chi connectivity index (χ3v) is 7.36. The minimum absolute atomic E-state index is 0.163. The first kappa shape index (κ1) is 21.7. The third-order valence-electron chi connectivity index (χ3n) is 4.02. The maximum absolute atomic E-state index is 6.04. The molecule has 2 aromatic carbocycles. The number of ether oxygens (including phenoxy) is 1. The van der Waals surface area contributed by atoms with Gasteiger partial charge in [0, 0.05) is 34.5 Å². The highest BCUT2D eigenvalue weighted by Gasteiger charge is 2.17. The van der Waals surface area contributed by atoms with E-state index in [1.807, 2.05) is 48.3 Å². The maximum Gasteiger partial charge on any atom is 0.138 e. The second-order valence-electron chi connectivity index (χ2n) is 6.06. The first-order valence-electron chi connectivity index (χ1n) is 8.96. The number of hydrogen-bond acceptors (Lipinski definition) is 7. The van der Waals surface area contributed by atoms with Gasteiger partial charge in [0.05, 0.1) is 7.11 Å². The van der Waals surface area contributed by atoms with Crippen molar-refractivity contribution in [2.24, 2.45) is 0 Å². The molecule has 150 valence electrons. The molecule has 0 aliphatic carbocycles. The quantitative estimate of drug-likeness (QED) is 0.455. The van der Waals surface area contributed by atoms with E-state index in [4.69, 9.17) is 16.3 Å². The molecule has 0 amide bonds. The molecule has 1 heterocycles. The molecule has 0 aromatic heterocycles. The van der Waals surface area contributed by atoms with E-state index in [1.54, 1.807) is 30.8 Å². The van der Waals surface area contributed by atoms with Gasteiger partial charge in [-0.25, -0.2) is 9.03 Å². The Labute approximate surface area is 185 Å². The number of thioether (sulfide) groups is 1. The van der Waals surface area contributed by atoms with Crippen molar-refractivity contribution in [3.05, 3.63) is 70.2 Å². The van der Waals surface area contributed by atoms with Crippen molar-refractivity contribution in [2.75, 3.05) is 19.4 Å². The van der Waals surface area contributed by atoms with Crippen molar-refractivity contribution in [1.29, 1.82) is 0 Å². The van der Waals surface area contributed by atoms with Gasteiger partial charge in [-0.2, -0.15) is 0 Å². The van der Waals surface area contributed by atoms with Crippen LogP contribution < -0.4 is 14.8 Å². The maximum atomic E-state index is 6.04. The zero-order chi connectivity index (χ0) is 19.8. The van der Waals surface area contributed by atoms with E-state index in [2.05, 4.69) is 38.8 Å². The van der Waals surface area contributed by atoms with E-state index in [9.17, 15) is 0 Å². The zero-order valence-electron chi connectivity index (χ0n) is 15.9. The minimum Gasteiger partial charge on any atom is -0.497 e. The summed E-state index contributed by atoms with van der Waals surface area (Å²) in [7, 11) is 1.69. The molecule has 1 atom stereocenters. The fourth-order valence-corrected chi connectivity index (χ4v) is 5.46. The molecule has 0 bridgehead atoms. The number of rotatable bonds is 10. The van der Waals surface area contributed by atoms with Gasteiger partial charge >= 0.3 is 0 Å². The van der Waals surface area contributed by atoms with Crippen molar-refractivity contribution in [3.63, 3.8) is 0 Å². The molecule has 2 aromatic rings. The van der Waals surface area contributed by atoms with E-state index in [0.717, 1.165) is 34.5 Å². The van der Waals surface area contributed by atoms with E-state index < -0.39 is 0 Å². The molecule has 1 aliphatic heterocycles. The van der Waals surface area contributed by atoms with Gasteiger partial charge in [0.2, 0.25) is 0 Å². The Morgan fingerprint density at radius 1 is 1.25 bits per heavy atom. The van der Waals surface area contributed by atoms with E-state index in [0.29, 0.717) is 0 Å². The second-order valence-corrected chi connectivity index (χ2v) is 9.45. The van der Waals surface area contributed by atoms with E-state index >= 15 is 0 Å². The van der Waals surface area contributed by atoms with Crippen molar-refractivity contribution in [1.82, 2.24) is 14.3 Å². The molecule has 28 heavy (non-hydrogen) atoms. The molecular formula is C20H24ClN3OS3. The van der Waals surface area contributed by atoms with Crippen molar-refractivity contribution in [3.8, 4) is 5.75 Å². The smallest absolute Gasteiger partial charge is 0.138 e. The van der Waals surface area contributed by atoms with Crippen molar-refractivity contribution in [2.45, 2.75) is 23.9 Å². The van der Waals surface area contributed by atoms with Gasteiger partial charge in [0.1, 0.15) is 11.2 Å². The first-order chi connectivity index (χ1) is 13.7. The summed E-state index contributed by atoms with van der Waals surface area (Å²) in [5, 5.41) is 6.48. The fraction of sp³-hybridized carbons (Fsp3) is 0.300. The average Bonchev–Trinajstić information content (AvgIpc) is 3.18. The average molecular weight is 454 g/mol. The zero-order valence-corrected chi connectivity index (χ0v) is 19.1. The Hall–Kier alpha value is -0.960. The third kappa shape index (κ3) is 6.83. The molecule has 1 aliphatic rings. The van der Waals surface area contributed by atoms with Crippen LogP contribution >= 0.6 is 47.3 Å². The van der Waals surface area contributed by atoms with Gasteiger partial charge in [0.15, 0.2) is 0 Å².